The number of pyridine rings is 1. The number of rotatable bonds is 2. The Kier molecular flexibility index (Phi) is 4.78. The van der Waals surface area contributed by atoms with Crippen molar-refractivity contribution in [3.63, 3.8) is 0 Å². The first-order chi connectivity index (χ1) is 15.7. The third-order valence-corrected chi connectivity index (χ3v) is 6.19. The normalized spacial score (nSPS) is 18.0. The second-order valence-electron chi connectivity index (χ2n) is 8.15. The summed E-state index contributed by atoms with van der Waals surface area (Å²) in [4.78, 5) is 32.3. The molecule has 1 unspecified atom stereocenters. The van der Waals surface area contributed by atoms with Crippen molar-refractivity contribution in [3.8, 4) is 0 Å². The lowest BCUT2D eigenvalue weighted by Crippen LogP contribution is -2.35. The number of nitrogens with zero attached hydrogens (tertiary/aromatic N) is 1. The lowest BCUT2D eigenvalue weighted by molar-refractivity contribution is 0.0657. The number of fused-ring (bicyclic) bond motifs is 4. The molecule has 3 N–H and O–H groups in total. The van der Waals surface area contributed by atoms with Crippen LogP contribution in [0.5, 0.6) is 0 Å². The average Bonchev–Trinajstić information content (AvgIpc) is 3.18. The Morgan fingerprint density at radius 1 is 0.939 bits per heavy atom. The van der Waals surface area contributed by atoms with Crippen LogP contribution in [0.3, 0.4) is 0 Å². The number of benzene rings is 2. The first kappa shape index (κ1) is 21.2. The summed E-state index contributed by atoms with van der Waals surface area (Å²) in [6.45, 7) is 0. The van der Waals surface area contributed by atoms with Crippen molar-refractivity contribution in [1.82, 2.24) is 14.9 Å². The number of H-pyrrole nitrogens is 2. The Hall–Kier alpha value is -3.66. The minimum atomic E-state index is -1.19. The van der Waals surface area contributed by atoms with E-state index in [0.717, 1.165) is 24.3 Å². The van der Waals surface area contributed by atoms with Crippen LogP contribution in [0.2, 0.25) is 0 Å². The molecule has 0 saturated heterocycles. The molecule has 0 aliphatic heterocycles. The fraction of sp³-hybridized carbons (Fsp3) is 0.217. The minimum Gasteiger partial charge on any atom is -0.387 e. The van der Waals surface area contributed by atoms with Crippen LogP contribution >= 0.6 is 0 Å². The van der Waals surface area contributed by atoms with Crippen molar-refractivity contribution in [1.29, 1.82) is 0 Å². The third-order valence-electron chi connectivity index (χ3n) is 6.19. The van der Waals surface area contributed by atoms with Gasteiger partial charge in [0, 0.05) is 29.6 Å². The second-order valence-corrected chi connectivity index (χ2v) is 8.15. The van der Waals surface area contributed by atoms with Crippen molar-refractivity contribution in [3.05, 3.63) is 80.9 Å². The van der Waals surface area contributed by atoms with Crippen molar-refractivity contribution in [2.45, 2.75) is 25.0 Å². The van der Waals surface area contributed by atoms with Crippen LogP contribution in [0.25, 0.3) is 21.7 Å². The van der Waals surface area contributed by atoms with E-state index in [1.165, 1.54) is 18.0 Å². The fourth-order valence-corrected chi connectivity index (χ4v) is 4.55. The number of aromatic amines is 2. The van der Waals surface area contributed by atoms with E-state index < -0.39 is 46.9 Å². The molecule has 2 atom stereocenters. The SMILES string of the molecule is CN(C(=O)c1cc2cc(F)c(F)cc2[nH]1)[C@@H]1CCC(O)c2[nH]c(=O)c3cc(F)c(F)cc3c21. The minimum absolute atomic E-state index is 0.0659. The van der Waals surface area contributed by atoms with Gasteiger partial charge in [0.2, 0.25) is 0 Å². The Bertz CT molecular complexity index is 1470. The Morgan fingerprint density at radius 2 is 1.58 bits per heavy atom. The molecule has 2 aromatic heterocycles. The predicted molar refractivity (Wildman–Crippen MR) is 112 cm³/mol. The average molecular weight is 459 g/mol. The van der Waals surface area contributed by atoms with E-state index in [9.17, 15) is 32.3 Å². The van der Waals surface area contributed by atoms with Gasteiger partial charge in [0.25, 0.3) is 11.5 Å². The maximum Gasteiger partial charge on any atom is 0.270 e. The molecule has 1 aliphatic rings. The van der Waals surface area contributed by atoms with E-state index in [0.29, 0.717) is 10.9 Å². The van der Waals surface area contributed by atoms with Gasteiger partial charge in [-0.1, -0.05) is 0 Å². The van der Waals surface area contributed by atoms with Crippen molar-refractivity contribution in [2.75, 3.05) is 7.05 Å². The van der Waals surface area contributed by atoms with Gasteiger partial charge in [-0.3, -0.25) is 9.59 Å². The van der Waals surface area contributed by atoms with Crippen molar-refractivity contribution in [2.24, 2.45) is 0 Å². The van der Waals surface area contributed by atoms with Gasteiger partial charge in [-0.2, -0.15) is 0 Å². The summed E-state index contributed by atoms with van der Waals surface area (Å²) < 4.78 is 55.0. The molecular formula is C23H17F4N3O3. The first-order valence-corrected chi connectivity index (χ1v) is 10.1. The Morgan fingerprint density at radius 3 is 2.30 bits per heavy atom. The lowest BCUT2D eigenvalue weighted by Gasteiger charge is -2.35. The maximum atomic E-state index is 14.1. The van der Waals surface area contributed by atoms with Gasteiger partial charge >= 0.3 is 0 Å². The highest BCUT2D eigenvalue weighted by Gasteiger charge is 2.34. The van der Waals surface area contributed by atoms with E-state index in [2.05, 4.69) is 9.97 Å². The zero-order valence-corrected chi connectivity index (χ0v) is 17.2. The molecule has 6 nitrogen and oxygen atoms in total. The molecule has 5 rings (SSSR count). The number of aromatic nitrogens is 2. The van der Waals surface area contributed by atoms with Crippen LogP contribution in [0, 0.1) is 23.3 Å². The van der Waals surface area contributed by atoms with Gasteiger partial charge in [-0.15, -0.1) is 0 Å². The summed E-state index contributed by atoms with van der Waals surface area (Å²) >= 11 is 0. The van der Waals surface area contributed by atoms with Gasteiger partial charge in [0.15, 0.2) is 23.3 Å². The molecule has 0 fully saturated rings. The molecule has 0 saturated carbocycles. The molecule has 1 amide bonds. The molecule has 0 spiro atoms. The molecule has 33 heavy (non-hydrogen) atoms. The zero-order chi connectivity index (χ0) is 23.6. The summed E-state index contributed by atoms with van der Waals surface area (Å²) in [6.07, 6.45) is -0.562. The third kappa shape index (κ3) is 3.29. The quantitative estimate of drug-likeness (QED) is 0.393. The molecule has 170 valence electrons. The topological polar surface area (TPSA) is 89.2 Å². The molecule has 1 aliphatic carbocycles. The van der Waals surface area contributed by atoms with E-state index >= 15 is 0 Å². The predicted octanol–water partition coefficient (Wildman–Crippen LogP) is 4.21. The van der Waals surface area contributed by atoms with Gasteiger partial charge in [0.1, 0.15) is 5.69 Å². The van der Waals surface area contributed by atoms with Crippen LogP contribution in [0.4, 0.5) is 17.6 Å². The molecule has 0 bridgehead atoms. The van der Waals surface area contributed by atoms with Crippen LogP contribution in [0.1, 0.15) is 46.7 Å². The molecular weight excluding hydrogens is 442 g/mol. The lowest BCUT2D eigenvalue weighted by atomic mass is 9.85. The van der Waals surface area contributed by atoms with E-state index in [-0.39, 0.29) is 40.5 Å². The molecule has 10 heteroatoms. The second kappa shape index (κ2) is 7.45. The van der Waals surface area contributed by atoms with Gasteiger partial charge in [0.05, 0.1) is 23.2 Å². The highest BCUT2D eigenvalue weighted by molar-refractivity contribution is 5.98. The highest BCUT2D eigenvalue weighted by atomic mass is 19.2. The van der Waals surface area contributed by atoms with E-state index in [4.69, 9.17) is 0 Å². The number of aliphatic hydroxyl groups excluding tert-OH is 1. The van der Waals surface area contributed by atoms with Crippen molar-refractivity contribution < 1.29 is 27.5 Å². The van der Waals surface area contributed by atoms with Crippen LogP contribution < -0.4 is 5.56 Å². The number of hydrogen-bond donors (Lipinski definition) is 3. The summed E-state index contributed by atoms with van der Waals surface area (Å²) in [5.74, 6) is -4.99. The Balaban J connectivity index is 1.63. The zero-order valence-electron chi connectivity index (χ0n) is 17.2. The fourth-order valence-electron chi connectivity index (χ4n) is 4.55. The number of amides is 1. The maximum absolute atomic E-state index is 14.1. The summed E-state index contributed by atoms with van der Waals surface area (Å²) in [6, 6.07) is 4.28. The van der Waals surface area contributed by atoms with Gasteiger partial charge in [-0.05, 0) is 42.5 Å². The highest BCUT2D eigenvalue weighted by Crippen LogP contribution is 2.41. The summed E-state index contributed by atoms with van der Waals surface area (Å²) in [5.41, 5.74) is 0.0612. The van der Waals surface area contributed by atoms with Gasteiger partial charge < -0.3 is 20.0 Å². The first-order valence-electron chi connectivity index (χ1n) is 10.1. The molecule has 2 heterocycles. The number of carbonyl (C=O) groups is 1. The van der Waals surface area contributed by atoms with Crippen LogP contribution in [-0.4, -0.2) is 32.9 Å². The van der Waals surface area contributed by atoms with E-state index in [1.807, 2.05) is 0 Å². The van der Waals surface area contributed by atoms with Crippen molar-refractivity contribution >= 4 is 27.6 Å². The van der Waals surface area contributed by atoms with Gasteiger partial charge in [-0.25, -0.2) is 17.6 Å². The Labute approximate surface area is 183 Å². The number of aliphatic hydroxyl groups is 1. The van der Waals surface area contributed by atoms with Crippen LogP contribution in [-0.2, 0) is 0 Å². The smallest absolute Gasteiger partial charge is 0.270 e. The summed E-state index contributed by atoms with van der Waals surface area (Å²) in [5, 5.41) is 10.7. The molecule has 4 aromatic rings. The van der Waals surface area contributed by atoms with E-state index in [1.54, 1.807) is 0 Å². The standard InChI is InChI=1S/C23H17F4N3O3/c1-30(23(33)17-5-9-4-12(24)15(27)8-16(9)28-17)18-2-3-19(31)21-20(18)10-6-13(25)14(26)7-11(10)22(32)29-21/h4-8,18-19,28,31H,2-3H2,1H3,(H,29,32)/t18-,19?/m1/s1. The molecule has 0 radical (unpaired) electrons. The number of carbonyl (C=O) groups excluding carboxylic acids is 1. The monoisotopic (exact) mass is 459 g/mol. The molecule has 2 aromatic carbocycles. The number of hydrogen-bond acceptors (Lipinski definition) is 3. The van der Waals surface area contributed by atoms with Crippen LogP contribution in [0.15, 0.2) is 35.1 Å². The number of halogens is 4. The number of nitrogens with one attached hydrogen (secondary N) is 2. The summed E-state index contributed by atoms with van der Waals surface area (Å²) in [7, 11) is 1.48. The largest absolute Gasteiger partial charge is 0.387 e.